The van der Waals surface area contributed by atoms with E-state index in [2.05, 4.69) is 20.6 Å². The predicted molar refractivity (Wildman–Crippen MR) is 104 cm³/mol. The van der Waals surface area contributed by atoms with E-state index in [9.17, 15) is 14.4 Å². The molecule has 3 rings (SSSR count). The number of anilines is 1. The zero-order chi connectivity index (χ0) is 19.4. The summed E-state index contributed by atoms with van der Waals surface area (Å²) in [6.07, 6.45) is 0. The fraction of sp³-hybridized carbons (Fsp3) is 0.263. The van der Waals surface area contributed by atoms with E-state index < -0.39 is 5.69 Å². The van der Waals surface area contributed by atoms with Crippen molar-refractivity contribution in [3.8, 4) is 0 Å². The quantitative estimate of drug-likeness (QED) is 0.568. The third-order valence-electron chi connectivity index (χ3n) is 4.17. The molecule has 0 spiro atoms. The summed E-state index contributed by atoms with van der Waals surface area (Å²) in [4.78, 5) is 43.5. The van der Waals surface area contributed by atoms with E-state index in [1.807, 2.05) is 25.1 Å². The van der Waals surface area contributed by atoms with Gasteiger partial charge >= 0.3 is 5.69 Å². The molecule has 1 aromatic carbocycles. The third-order valence-corrected chi connectivity index (χ3v) is 4.17. The van der Waals surface area contributed by atoms with E-state index in [0.717, 1.165) is 16.1 Å². The lowest BCUT2D eigenvalue weighted by molar-refractivity contribution is 0.0955. The Morgan fingerprint density at radius 2 is 2.00 bits per heavy atom. The second kappa shape index (κ2) is 7.86. The number of rotatable bonds is 6. The van der Waals surface area contributed by atoms with Crippen LogP contribution in [0.4, 0.5) is 5.82 Å². The van der Waals surface area contributed by atoms with Crippen LogP contribution < -0.4 is 21.9 Å². The molecular weight excluding hydrogens is 346 g/mol. The third kappa shape index (κ3) is 4.05. The molecule has 3 N–H and O–H groups in total. The lowest BCUT2D eigenvalue weighted by atomic mass is 10.1. The molecule has 0 aliphatic carbocycles. The van der Waals surface area contributed by atoms with Gasteiger partial charge in [0.15, 0.2) is 0 Å². The topological polar surface area (TPSA) is 109 Å². The molecule has 2 heterocycles. The Morgan fingerprint density at radius 1 is 1.19 bits per heavy atom. The van der Waals surface area contributed by atoms with Crippen molar-refractivity contribution in [2.24, 2.45) is 0 Å². The van der Waals surface area contributed by atoms with Gasteiger partial charge in [0.1, 0.15) is 5.82 Å². The summed E-state index contributed by atoms with van der Waals surface area (Å²) >= 11 is 0. The summed E-state index contributed by atoms with van der Waals surface area (Å²) < 4.78 is 1.12. The number of aromatic amines is 1. The first-order chi connectivity index (χ1) is 13.0. The molecule has 1 amide bonds. The number of aryl methyl sites for hydroxylation is 1. The van der Waals surface area contributed by atoms with Crippen LogP contribution in [0.5, 0.6) is 0 Å². The highest BCUT2D eigenvalue weighted by atomic mass is 16.2. The van der Waals surface area contributed by atoms with Crippen molar-refractivity contribution >= 4 is 22.6 Å². The smallest absolute Gasteiger partial charge is 0.328 e. The van der Waals surface area contributed by atoms with Crippen LogP contribution in [0.1, 0.15) is 23.0 Å². The summed E-state index contributed by atoms with van der Waals surface area (Å²) in [5.41, 5.74) is 0.793. The highest BCUT2D eigenvalue weighted by Gasteiger charge is 2.10. The molecule has 0 fully saturated rings. The largest absolute Gasteiger partial charge is 0.368 e. The minimum absolute atomic E-state index is 0.281. The molecule has 3 aromatic rings. The van der Waals surface area contributed by atoms with Crippen molar-refractivity contribution in [1.29, 1.82) is 0 Å². The first-order valence-electron chi connectivity index (χ1n) is 8.72. The monoisotopic (exact) mass is 367 g/mol. The molecule has 0 aliphatic rings. The highest BCUT2D eigenvalue weighted by Crippen LogP contribution is 2.09. The van der Waals surface area contributed by atoms with Crippen LogP contribution in [0.15, 0.2) is 46.0 Å². The Labute approximate surface area is 155 Å². The van der Waals surface area contributed by atoms with Crippen molar-refractivity contribution in [3.05, 3.63) is 68.5 Å². The molecule has 0 saturated carbocycles. The number of amides is 1. The Kier molecular flexibility index (Phi) is 5.35. The number of hydrogen-bond donors (Lipinski definition) is 3. The van der Waals surface area contributed by atoms with Crippen molar-refractivity contribution in [2.45, 2.75) is 20.4 Å². The van der Waals surface area contributed by atoms with Gasteiger partial charge in [0.25, 0.3) is 11.5 Å². The van der Waals surface area contributed by atoms with Gasteiger partial charge in [-0.15, -0.1) is 0 Å². The lowest BCUT2D eigenvalue weighted by Crippen LogP contribution is -2.34. The fourth-order valence-corrected chi connectivity index (χ4v) is 2.79. The van der Waals surface area contributed by atoms with E-state index in [-0.39, 0.29) is 18.0 Å². The number of carbonyl (C=O) groups is 1. The van der Waals surface area contributed by atoms with Crippen LogP contribution in [-0.4, -0.2) is 33.5 Å². The summed E-state index contributed by atoms with van der Waals surface area (Å²) in [6.45, 7) is 4.85. The molecule has 140 valence electrons. The molecular formula is C19H21N5O3. The number of aromatic nitrogens is 3. The number of carbonyl (C=O) groups excluding carboxylic acids is 1. The second-order valence-electron chi connectivity index (χ2n) is 6.09. The average molecular weight is 367 g/mol. The van der Waals surface area contributed by atoms with Crippen LogP contribution >= 0.6 is 0 Å². The SMILES string of the molecule is CCn1c(=O)[nH]c2cc(C(=O)NCCNc3cccc(C)n3)ccc2c1=O. The van der Waals surface area contributed by atoms with Gasteiger partial charge in [-0.2, -0.15) is 0 Å². The van der Waals surface area contributed by atoms with Gasteiger partial charge in [-0.25, -0.2) is 9.78 Å². The van der Waals surface area contributed by atoms with Gasteiger partial charge in [-0.1, -0.05) is 6.07 Å². The maximum Gasteiger partial charge on any atom is 0.328 e. The zero-order valence-corrected chi connectivity index (χ0v) is 15.2. The minimum atomic E-state index is -0.484. The average Bonchev–Trinajstić information content (AvgIpc) is 2.65. The molecule has 0 radical (unpaired) electrons. The number of hydrogen-bond acceptors (Lipinski definition) is 5. The molecule has 0 unspecified atom stereocenters. The molecule has 0 atom stereocenters. The maximum absolute atomic E-state index is 12.3. The van der Waals surface area contributed by atoms with Gasteiger partial charge in [-0.05, 0) is 44.2 Å². The predicted octanol–water partition coefficient (Wildman–Crippen LogP) is 1.26. The van der Waals surface area contributed by atoms with Gasteiger partial charge < -0.3 is 15.6 Å². The van der Waals surface area contributed by atoms with E-state index in [1.165, 1.54) is 6.07 Å². The zero-order valence-electron chi connectivity index (χ0n) is 15.2. The Bertz CT molecular complexity index is 1100. The number of fused-ring (bicyclic) bond motifs is 1. The Balaban J connectivity index is 1.67. The van der Waals surface area contributed by atoms with E-state index in [0.29, 0.717) is 29.6 Å². The number of benzene rings is 1. The van der Waals surface area contributed by atoms with Crippen LogP contribution in [0.2, 0.25) is 0 Å². The number of nitrogens with zero attached hydrogens (tertiary/aromatic N) is 2. The first kappa shape index (κ1) is 18.4. The van der Waals surface area contributed by atoms with Crippen LogP contribution in [0, 0.1) is 6.92 Å². The highest BCUT2D eigenvalue weighted by molar-refractivity contribution is 5.97. The summed E-state index contributed by atoms with van der Waals surface area (Å²) in [7, 11) is 0. The lowest BCUT2D eigenvalue weighted by Gasteiger charge is -2.09. The Morgan fingerprint density at radius 3 is 2.74 bits per heavy atom. The number of pyridine rings is 1. The molecule has 2 aromatic heterocycles. The molecule has 8 heteroatoms. The maximum atomic E-state index is 12.3. The molecule has 0 aliphatic heterocycles. The summed E-state index contributed by atoms with van der Waals surface area (Å²) in [5, 5.41) is 6.30. The normalized spacial score (nSPS) is 10.7. The molecule has 0 bridgehead atoms. The van der Waals surface area contributed by atoms with E-state index in [1.54, 1.807) is 19.1 Å². The van der Waals surface area contributed by atoms with Crippen molar-refractivity contribution in [1.82, 2.24) is 19.9 Å². The van der Waals surface area contributed by atoms with Crippen LogP contribution in [0.3, 0.4) is 0 Å². The van der Waals surface area contributed by atoms with Gasteiger partial charge in [-0.3, -0.25) is 14.2 Å². The molecule has 0 saturated heterocycles. The molecule has 27 heavy (non-hydrogen) atoms. The summed E-state index contributed by atoms with van der Waals surface area (Å²) in [5.74, 6) is 0.469. The van der Waals surface area contributed by atoms with Crippen molar-refractivity contribution < 1.29 is 4.79 Å². The van der Waals surface area contributed by atoms with Crippen LogP contribution in [0.25, 0.3) is 10.9 Å². The first-order valence-corrected chi connectivity index (χ1v) is 8.72. The van der Waals surface area contributed by atoms with E-state index in [4.69, 9.17) is 0 Å². The van der Waals surface area contributed by atoms with Gasteiger partial charge in [0, 0.05) is 30.9 Å². The van der Waals surface area contributed by atoms with Gasteiger partial charge in [0.2, 0.25) is 0 Å². The van der Waals surface area contributed by atoms with E-state index >= 15 is 0 Å². The minimum Gasteiger partial charge on any atom is -0.368 e. The number of nitrogens with one attached hydrogen (secondary N) is 3. The van der Waals surface area contributed by atoms with Crippen molar-refractivity contribution in [3.63, 3.8) is 0 Å². The Hall–Kier alpha value is -3.42. The standard InChI is InChI=1S/C19H21N5O3/c1-3-24-18(26)14-8-7-13(11-15(14)23-19(24)27)17(25)21-10-9-20-16-6-4-5-12(2)22-16/h4-8,11H,3,9-10H2,1-2H3,(H,20,22)(H,21,25)(H,23,27). The summed E-state index contributed by atoms with van der Waals surface area (Å²) in [6, 6.07) is 10.3. The van der Waals surface area contributed by atoms with Crippen LogP contribution in [-0.2, 0) is 6.54 Å². The van der Waals surface area contributed by atoms with Gasteiger partial charge in [0.05, 0.1) is 10.9 Å². The number of H-pyrrole nitrogens is 1. The van der Waals surface area contributed by atoms with Crippen molar-refractivity contribution in [2.75, 3.05) is 18.4 Å². The molecule has 8 nitrogen and oxygen atoms in total. The second-order valence-corrected chi connectivity index (χ2v) is 6.09. The fourth-order valence-electron chi connectivity index (χ4n) is 2.79.